The molecule has 5 nitrogen and oxygen atoms in total. The van der Waals surface area contributed by atoms with Crippen LogP contribution in [-0.4, -0.2) is 14.6 Å². The first-order valence-electron chi connectivity index (χ1n) is 7.41. The maximum absolute atomic E-state index is 12.1. The monoisotopic (exact) mass is 374 g/mol. The fraction of sp³-hybridized carbons (Fsp3) is 0.0556. The molecule has 0 saturated carbocycles. The Hall–Kier alpha value is -2.57. The van der Waals surface area contributed by atoms with E-state index in [2.05, 4.69) is 9.93 Å². The van der Waals surface area contributed by atoms with Crippen LogP contribution in [0.1, 0.15) is 11.3 Å². The Morgan fingerprint density at radius 1 is 1.00 bits per heavy atom. The van der Waals surface area contributed by atoms with Crippen LogP contribution < -0.4 is 4.83 Å². The fourth-order valence-corrected chi connectivity index (χ4v) is 3.04. The van der Waals surface area contributed by atoms with E-state index in [0.29, 0.717) is 16.5 Å². The van der Waals surface area contributed by atoms with E-state index >= 15 is 0 Å². The fourth-order valence-electron chi connectivity index (χ4n) is 2.12. The van der Waals surface area contributed by atoms with E-state index in [1.807, 2.05) is 19.1 Å². The Morgan fingerprint density at radius 2 is 1.68 bits per heavy atom. The van der Waals surface area contributed by atoms with Gasteiger partial charge in [0.25, 0.3) is 10.0 Å². The minimum Gasteiger partial charge on any atom is -0.455 e. The molecule has 0 aliphatic carbocycles. The smallest absolute Gasteiger partial charge is 0.276 e. The van der Waals surface area contributed by atoms with E-state index in [9.17, 15) is 8.42 Å². The van der Waals surface area contributed by atoms with Gasteiger partial charge in [0.15, 0.2) is 0 Å². The molecule has 0 radical (unpaired) electrons. The highest BCUT2D eigenvalue weighted by Crippen LogP contribution is 2.23. The second-order valence-electron chi connectivity index (χ2n) is 5.37. The Morgan fingerprint density at radius 3 is 2.36 bits per heavy atom. The third kappa shape index (κ3) is 4.29. The lowest BCUT2D eigenvalue weighted by Gasteiger charge is -2.03. The van der Waals surface area contributed by atoms with Gasteiger partial charge in [0, 0.05) is 10.6 Å². The SMILES string of the molecule is Cc1ccc(S(=O)(=O)N/N=C\c2ccc(-c3ccc(Cl)cc3)o2)cc1. The van der Waals surface area contributed by atoms with Gasteiger partial charge in [-0.1, -0.05) is 29.3 Å². The van der Waals surface area contributed by atoms with Gasteiger partial charge in [-0.2, -0.15) is 18.4 Å². The van der Waals surface area contributed by atoms with E-state index in [1.54, 1.807) is 36.4 Å². The third-order valence-corrected chi connectivity index (χ3v) is 4.94. The molecule has 0 aliphatic heterocycles. The van der Waals surface area contributed by atoms with Crippen molar-refractivity contribution in [1.29, 1.82) is 0 Å². The van der Waals surface area contributed by atoms with Gasteiger partial charge in [-0.3, -0.25) is 0 Å². The van der Waals surface area contributed by atoms with Crippen molar-refractivity contribution < 1.29 is 12.8 Å². The van der Waals surface area contributed by atoms with E-state index < -0.39 is 10.0 Å². The van der Waals surface area contributed by atoms with Crippen molar-refractivity contribution in [3.05, 3.63) is 77.0 Å². The molecule has 1 heterocycles. The van der Waals surface area contributed by atoms with Crippen LogP contribution in [-0.2, 0) is 10.0 Å². The van der Waals surface area contributed by atoms with E-state index in [0.717, 1.165) is 11.1 Å². The predicted octanol–water partition coefficient (Wildman–Crippen LogP) is 4.22. The first-order valence-corrected chi connectivity index (χ1v) is 9.27. The molecular formula is C18H15ClN2O3S. The van der Waals surface area contributed by atoms with Crippen LogP contribution in [0.15, 0.2) is 75.1 Å². The van der Waals surface area contributed by atoms with Crippen LogP contribution in [0.25, 0.3) is 11.3 Å². The first kappa shape index (κ1) is 17.3. The minimum atomic E-state index is -3.70. The highest BCUT2D eigenvalue weighted by molar-refractivity contribution is 7.89. The number of hydrazone groups is 1. The molecule has 0 spiro atoms. The summed E-state index contributed by atoms with van der Waals surface area (Å²) >= 11 is 5.86. The number of hydrogen-bond acceptors (Lipinski definition) is 4. The van der Waals surface area contributed by atoms with Crippen LogP contribution in [0.4, 0.5) is 0 Å². The summed E-state index contributed by atoms with van der Waals surface area (Å²) in [7, 11) is -3.70. The van der Waals surface area contributed by atoms with Gasteiger partial charge in [0.2, 0.25) is 0 Å². The van der Waals surface area contributed by atoms with Crippen molar-refractivity contribution in [3.8, 4) is 11.3 Å². The zero-order valence-electron chi connectivity index (χ0n) is 13.3. The molecule has 0 atom stereocenters. The zero-order chi connectivity index (χ0) is 17.9. The molecule has 0 bridgehead atoms. The summed E-state index contributed by atoms with van der Waals surface area (Å²) in [6.07, 6.45) is 1.31. The number of halogens is 1. The van der Waals surface area contributed by atoms with Gasteiger partial charge in [-0.25, -0.2) is 0 Å². The molecule has 128 valence electrons. The van der Waals surface area contributed by atoms with Crippen LogP contribution in [0.5, 0.6) is 0 Å². The largest absolute Gasteiger partial charge is 0.455 e. The summed E-state index contributed by atoms with van der Waals surface area (Å²) in [5.41, 5.74) is 1.84. The summed E-state index contributed by atoms with van der Waals surface area (Å²) in [6, 6.07) is 17.2. The summed E-state index contributed by atoms with van der Waals surface area (Å²) in [4.78, 5) is 2.31. The highest BCUT2D eigenvalue weighted by atomic mass is 35.5. The second-order valence-corrected chi connectivity index (χ2v) is 7.47. The van der Waals surface area contributed by atoms with Crippen LogP contribution in [0, 0.1) is 6.92 Å². The Bertz CT molecular complexity index is 992. The maximum Gasteiger partial charge on any atom is 0.276 e. The summed E-state index contributed by atoms with van der Waals surface area (Å²) < 4.78 is 29.9. The third-order valence-electron chi connectivity index (χ3n) is 3.45. The average molecular weight is 375 g/mol. The molecule has 0 aliphatic rings. The van der Waals surface area contributed by atoms with Crippen LogP contribution in [0.3, 0.4) is 0 Å². The number of nitrogens with one attached hydrogen (secondary N) is 1. The number of benzene rings is 2. The van der Waals surface area contributed by atoms with Gasteiger partial charge in [-0.05, 0) is 55.5 Å². The number of furan rings is 1. The van der Waals surface area contributed by atoms with Crippen molar-refractivity contribution in [2.24, 2.45) is 5.10 Å². The topological polar surface area (TPSA) is 71.7 Å². The van der Waals surface area contributed by atoms with E-state index in [1.165, 1.54) is 18.3 Å². The second kappa shape index (κ2) is 7.13. The molecule has 0 unspecified atom stereocenters. The number of nitrogens with zero attached hydrogens (tertiary/aromatic N) is 1. The quantitative estimate of drug-likeness (QED) is 0.536. The Labute approximate surface area is 151 Å². The predicted molar refractivity (Wildman–Crippen MR) is 98.2 cm³/mol. The Balaban J connectivity index is 1.70. The van der Waals surface area contributed by atoms with Gasteiger partial charge in [0.05, 0.1) is 11.1 Å². The summed E-state index contributed by atoms with van der Waals surface area (Å²) in [5, 5.41) is 4.40. The number of aryl methyl sites for hydroxylation is 1. The highest BCUT2D eigenvalue weighted by Gasteiger charge is 2.12. The summed E-state index contributed by atoms with van der Waals surface area (Å²) in [6.45, 7) is 1.89. The van der Waals surface area contributed by atoms with Crippen molar-refractivity contribution in [3.63, 3.8) is 0 Å². The lowest BCUT2D eigenvalue weighted by molar-refractivity contribution is 0.573. The molecule has 2 aromatic carbocycles. The zero-order valence-corrected chi connectivity index (χ0v) is 14.9. The van der Waals surface area contributed by atoms with Crippen LogP contribution in [0.2, 0.25) is 5.02 Å². The van der Waals surface area contributed by atoms with Gasteiger partial charge >= 0.3 is 0 Å². The van der Waals surface area contributed by atoms with Crippen LogP contribution >= 0.6 is 11.6 Å². The molecular weight excluding hydrogens is 360 g/mol. The van der Waals surface area contributed by atoms with Gasteiger partial charge in [0.1, 0.15) is 11.5 Å². The number of hydrogen-bond donors (Lipinski definition) is 1. The van der Waals surface area contributed by atoms with Gasteiger partial charge in [-0.15, -0.1) is 0 Å². The molecule has 0 fully saturated rings. The normalized spacial score (nSPS) is 11.8. The van der Waals surface area contributed by atoms with Crippen molar-refractivity contribution in [2.45, 2.75) is 11.8 Å². The molecule has 3 aromatic rings. The minimum absolute atomic E-state index is 0.150. The average Bonchev–Trinajstić information content (AvgIpc) is 3.04. The molecule has 3 rings (SSSR count). The van der Waals surface area contributed by atoms with Crippen molar-refractivity contribution in [2.75, 3.05) is 0 Å². The molecule has 25 heavy (non-hydrogen) atoms. The molecule has 0 saturated heterocycles. The van der Waals surface area contributed by atoms with Crippen molar-refractivity contribution >= 4 is 27.8 Å². The summed E-state index contributed by atoms with van der Waals surface area (Å²) in [5.74, 6) is 1.07. The number of sulfonamides is 1. The first-order chi connectivity index (χ1) is 11.9. The lowest BCUT2D eigenvalue weighted by Crippen LogP contribution is -2.18. The molecule has 0 amide bonds. The van der Waals surface area contributed by atoms with E-state index in [-0.39, 0.29) is 4.90 Å². The lowest BCUT2D eigenvalue weighted by atomic mass is 10.2. The molecule has 1 N–H and O–H groups in total. The molecule has 7 heteroatoms. The van der Waals surface area contributed by atoms with Crippen molar-refractivity contribution in [1.82, 2.24) is 4.83 Å². The van der Waals surface area contributed by atoms with Gasteiger partial charge < -0.3 is 4.42 Å². The standard InChI is InChI=1S/C18H15ClN2O3S/c1-13-2-9-17(10-3-13)25(22,23)21-20-12-16-8-11-18(24-16)14-4-6-15(19)7-5-14/h2-12,21H,1H3/b20-12-. The molecule has 1 aromatic heterocycles. The van der Waals surface area contributed by atoms with E-state index in [4.69, 9.17) is 16.0 Å². The Kier molecular flexibility index (Phi) is 4.92. The number of rotatable bonds is 5. The maximum atomic E-state index is 12.1.